The number of nitrogen functional groups attached to an aromatic ring is 1. The van der Waals surface area contributed by atoms with Gasteiger partial charge in [-0.3, -0.25) is 5.10 Å². The predicted molar refractivity (Wildman–Crippen MR) is 81.1 cm³/mol. The number of aromatic amines is 1. The molecule has 1 aromatic carbocycles. The van der Waals surface area contributed by atoms with Gasteiger partial charge in [0.25, 0.3) is 0 Å². The molecule has 0 aliphatic rings. The van der Waals surface area contributed by atoms with E-state index in [2.05, 4.69) is 34.2 Å². The Kier molecular flexibility index (Phi) is 2.99. The number of hydrogen-bond donors (Lipinski definition) is 2. The molecule has 0 saturated carbocycles. The first-order valence-electron chi connectivity index (χ1n) is 6.49. The fraction of sp³-hybridized carbons (Fsp3) is 0.125. The van der Waals surface area contributed by atoms with Crippen LogP contribution in [0.3, 0.4) is 0 Å². The van der Waals surface area contributed by atoms with Crippen LogP contribution in [0.2, 0.25) is 0 Å². The molecule has 0 bridgehead atoms. The number of anilines is 1. The van der Waals surface area contributed by atoms with Gasteiger partial charge in [-0.1, -0.05) is 24.3 Å². The molecule has 0 saturated heterocycles. The van der Waals surface area contributed by atoms with E-state index in [0.717, 1.165) is 28.1 Å². The van der Waals surface area contributed by atoms with Gasteiger partial charge in [0.2, 0.25) is 0 Å². The van der Waals surface area contributed by atoms with Crippen LogP contribution in [-0.2, 0) is 0 Å². The maximum atomic E-state index is 5.79. The third kappa shape index (κ3) is 2.05. The van der Waals surface area contributed by atoms with Gasteiger partial charge in [0.05, 0.1) is 0 Å². The molecule has 4 heteroatoms. The number of pyridine rings is 1. The second-order valence-electron chi connectivity index (χ2n) is 4.86. The molecule has 3 rings (SSSR count). The highest BCUT2D eigenvalue weighted by atomic mass is 15.1. The summed E-state index contributed by atoms with van der Waals surface area (Å²) >= 11 is 0. The van der Waals surface area contributed by atoms with Crippen LogP contribution in [0.1, 0.15) is 11.3 Å². The summed E-state index contributed by atoms with van der Waals surface area (Å²) in [6, 6.07) is 12.1. The molecule has 0 amide bonds. The number of benzene rings is 1. The zero-order valence-corrected chi connectivity index (χ0v) is 11.5. The molecule has 0 fully saturated rings. The van der Waals surface area contributed by atoms with Gasteiger partial charge in [-0.15, -0.1) is 0 Å². The summed E-state index contributed by atoms with van der Waals surface area (Å²) in [5.74, 6) is 0.513. The van der Waals surface area contributed by atoms with Crippen molar-refractivity contribution in [2.75, 3.05) is 5.73 Å². The lowest BCUT2D eigenvalue weighted by molar-refractivity contribution is 1.05. The molecule has 3 aromatic rings. The Morgan fingerprint density at radius 3 is 2.65 bits per heavy atom. The summed E-state index contributed by atoms with van der Waals surface area (Å²) in [5.41, 5.74) is 12.2. The highest BCUT2D eigenvalue weighted by molar-refractivity contribution is 5.84. The summed E-state index contributed by atoms with van der Waals surface area (Å²) in [6.45, 7) is 4.10. The Morgan fingerprint density at radius 2 is 1.90 bits per heavy atom. The summed E-state index contributed by atoms with van der Waals surface area (Å²) in [6.07, 6.45) is 1.72. The number of aromatic nitrogens is 3. The Bertz CT molecular complexity index is 759. The van der Waals surface area contributed by atoms with E-state index in [4.69, 9.17) is 5.73 Å². The maximum Gasteiger partial charge on any atom is 0.123 e. The van der Waals surface area contributed by atoms with Crippen molar-refractivity contribution in [1.29, 1.82) is 0 Å². The van der Waals surface area contributed by atoms with Crippen molar-refractivity contribution in [2.45, 2.75) is 13.8 Å². The lowest BCUT2D eigenvalue weighted by atomic mass is 9.97. The van der Waals surface area contributed by atoms with Crippen LogP contribution >= 0.6 is 0 Å². The van der Waals surface area contributed by atoms with E-state index >= 15 is 0 Å². The van der Waals surface area contributed by atoms with Crippen molar-refractivity contribution in [2.24, 2.45) is 0 Å². The molecule has 2 aromatic heterocycles. The SMILES string of the molecule is Cc1ccccc1-c1n[nH]c(C)c1-c1ccnc(N)c1. The van der Waals surface area contributed by atoms with Gasteiger partial charge < -0.3 is 5.73 Å². The largest absolute Gasteiger partial charge is 0.384 e. The van der Waals surface area contributed by atoms with Crippen LogP contribution in [0.15, 0.2) is 42.6 Å². The van der Waals surface area contributed by atoms with Crippen LogP contribution in [0.4, 0.5) is 5.82 Å². The molecule has 0 unspecified atom stereocenters. The van der Waals surface area contributed by atoms with Crippen LogP contribution in [0.25, 0.3) is 22.4 Å². The zero-order chi connectivity index (χ0) is 14.1. The average Bonchev–Trinajstić information content (AvgIpc) is 2.81. The fourth-order valence-electron chi connectivity index (χ4n) is 2.42. The van der Waals surface area contributed by atoms with Gasteiger partial charge in [-0.25, -0.2) is 4.98 Å². The van der Waals surface area contributed by atoms with E-state index in [-0.39, 0.29) is 0 Å². The topological polar surface area (TPSA) is 67.6 Å². The third-order valence-corrected chi connectivity index (χ3v) is 3.42. The first-order chi connectivity index (χ1) is 9.66. The predicted octanol–water partition coefficient (Wildman–Crippen LogP) is 3.34. The number of hydrogen-bond acceptors (Lipinski definition) is 3. The minimum absolute atomic E-state index is 0.513. The summed E-state index contributed by atoms with van der Waals surface area (Å²) < 4.78 is 0. The first-order valence-corrected chi connectivity index (χ1v) is 6.49. The van der Waals surface area contributed by atoms with Gasteiger partial charge >= 0.3 is 0 Å². The Balaban J connectivity index is 2.23. The fourth-order valence-corrected chi connectivity index (χ4v) is 2.42. The molecule has 0 aliphatic carbocycles. The standard InChI is InChI=1S/C16H16N4/c1-10-5-3-4-6-13(10)16-15(11(2)19-20-16)12-7-8-18-14(17)9-12/h3-9H,1-2H3,(H2,17,18)(H,19,20). The summed E-state index contributed by atoms with van der Waals surface area (Å²) in [4.78, 5) is 4.05. The molecule has 0 spiro atoms. The molecule has 100 valence electrons. The van der Waals surface area contributed by atoms with Crippen molar-refractivity contribution < 1.29 is 0 Å². The van der Waals surface area contributed by atoms with E-state index in [1.54, 1.807) is 6.20 Å². The second kappa shape index (κ2) is 4.81. The number of rotatable bonds is 2. The molecule has 0 atom stereocenters. The third-order valence-electron chi connectivity index (χ3n) is 3.42. The smallest absolute Gasteiger partial charge is 0.123 e. The van der Waals surface area contributed by atoms with E-state index < -0.39 is 0 Å². The molecule has 20 heavy (non-hydrogen) atoms. The number of nitrogens with two attached hydrogens (primary N) is 1. The summed E-state index contributed by atoms with van der Waals surface area (Å²) in [7, 11) is 0. The highest BCUT2D eigenvalue weighted by Gasteiger charge is 2.15. The minimum Gasteiger partial charge on any atom is -0.384 e. The zero-order valence-electron chi connectivity index (χ0n) is 11.5. The monoisotopic (exact) mass is 264 g/mol. The van der Waals surface area contributed by atoms with E-state index in [9.17, 15) is 0 Å². The van der Waals surface area contributed by atoms with Gasteiger partial charge in [0.15, 0.2) is 0 Å². The lowest BCUT2D eigenvalue weighted by Crippen LogP contribution is -1.91. The van der Waals surface area contributed by atoms with E-state index in [1.165, 1.54) is 5.56 Å². The van der Waals surface area contributed by atoms with Crippen molar-refractivity contribution in [1.82, 2.24) is 15.2 Å². The van der Waals surface area contributed by atoms with Crippen molar-refractivity contribution in [3.05, 3.63) is 53.9 Å². The van der Waals surface area contributed by atoms with E-state index in [1.807, 2.05) is 31.2 Å². The maximum absolute atomic E-state index is 5.79. The van der Waals surface area contributed by atoms with Crippen molar-refractivity contribution in [3.8, 4) is 22.4 Å². The van der Waals surface area contributed by atoms with Crippen LogP contribution < -0.4 is 5.73 Å². The van der Waals surface area contributed by atoms with Crippen molar-refractivity contribution in [3.63, 3.8) is 0 Å². The molecule has 0 aliphatic heterocycles. The number of H-pyrrole nitrogens is 1. The molecule has 2 heterocycles. The Hall–Kier alpha value is -2.62. The molecule has 4 nitrogen and oxygen atoms in total. The van der Waals surface area contributed by atoms with Crippen LogP contribution in [-0.4, -0.2) is 15.2 Å². The lowest BCUT2D eigenvalue weighted by Gasteiger charge is -2.07. The molecular weight excluding hydrogens is 248 g/mol. The molecule has 0 radical (unpaired) electrons. The van der Waals surface area contributed by atoms with Gasteiger partial charge in [0, 0.05) is 23.0 Å². The second-order valence-corrected chi connectivity index (χ2v) is 4.86. The number of nitrogens with one attached hydrogen (secondary N) is 1. The Labute approximate surface area is 117 Å². The quantitative estimate of drug-likeness (QED) is 0.746. The first kappa shape index (κ1) is 12.4. The number of nitrogens with zero attached hydrogens (tertiary/aromatic N) is 2. The molecule has 3 N–H and O–H groups in total. The Morgan fingerprint density at radius 1 is 1.10 bits per heavy atom. The van der Waals surface area contributed by atoms with Crippen LogP contribution in [0.5, 0.6) is 0 Å². The highest BCUT2D eigenvalue weighted by Crippen LogP contribution is 2.34. The number of aryl methyl sites for hydroxylation is 2. The van der Waals surface area contributed by atoms with Gasteiger partial charge in [0.1, 0.15) is 11.5 Å². The minimum atomic E-state index is 0.513. The van der Waals surface area contributed by atoms with Gasteiger partial charge in [-0.2, -0.15) is 5.10 Å². The van der Waals surface area contributed by atoms with Gasteiger partial charge in [-0.05, 0) is 37.1 Å². The van der Waals surface area contributed by atoms with Crippen molar-refractivity contribution >= 4 is 5.82 Å². The van der Waals surface area contributed by atoms with Crippen LogP contribution in [0, 0.1) is 13.8 Å². The average molecular weight is 264 g/mol. The normalized spacial score (nSPS) is 10.7. The summed E-state index contributed by atoms with van der Waals surface area (Å²) in [5, 5.41) is 7.54. The molecular formula is C16H16N4. The van der Waals surface area contributed by atoms with E-state index in [0.29, 0.717) is 5.82 Å².